The van der Waals surface area contributed by atoms with Crippen LogP contribution in [0.3, 0.4) is 0 Å². The molecule has 0 heterocycles. The number of alkyl halides is 2. The Hall–Kier alpha value is -3.36. The first kappa shape index (κ1) is 20.9. The number of amides is 1. The summed E-state index contributed by atoms with van der Waals surface area (Å²) in [5.74, 6) is -1.27. The van der Waals surface area contributed by atoms with Gasteiger partial charge in [0.1, 0.15) is 5.75 Å². The van der Waals surface area contributed by atoms with Crippen molar-refractivity contribution in [2.24, 2.45) is 0 Å². The molecule has 28 heavy (non-hydrogen) atoms. The third-order valence-corrected chi connectivity index (χ3v) is 3.73. The third-order valence-electron chi connectivity index (χ3n) is 3.73. The number of rotatable bonds is 9. The molecule has 0 fully saturated rings. The topological polar surface area (TPSA) is 94.1 Å². The van der Waals surface area contributed by atoms with Gasteiger partial charge in [0.2, 0.25) is 0 Å². The van der Waals surface area contributed by atoms with Gasteiger partial charge in [-0.2, -0.15) is 8.78 Å². The molecule has 0 bridgehead atoms. The summed E-state index contributed by atoms with van der Waals surface area (Å²) in [5, 5.41) is 11.4. The standard InChI is InChI=1S/C19H19F2NO6/c1-11(12-3-6-14(7-4-12)27-10-17(23)24)22-18(25)13-5-8-15(28-19(20)21)16(9-13)26-2/h3-9,11,19H,10H2,1-2H3,(H,22,25)(H,23,24). The van der Waals surface area contributed by atoms with Crippen LogP contribution in [0.5, 0.6) is 17.2 Å². The third kappa shape index (κ3) is 5.83. The molecular weight excluding hydrogens is 376 g/mol. The Morgan fingerprint density at radius 3 is 2.36 bits per heavy atom. The molecule has 0 aromatic heterocycles. The molecule has 7 nitrogen and oxygen atoms in total. The zero-order valence-electron chi connectivity index (χ0n) is 15.1. The number of halogens is 2. The van der Waals surface area contributed by atoms with Crippen molar-refractivity contribution >= 4 is 11.9 Å². The van der Waals surface area contributed by atoms with Crippen LogP contribution in [-0.2, 0) is 4.79 Å². The Labute approximate surface area is 159 Å². The lowest BCUT2D eigenvalue weighted by atomic mass is 10.1. The second-order valence-electron chi connectivity index (χ2n) is 5.69. The zero-order valence-corrected chi connectivity index (χ0v) is 15.1. The number of hydrogen-bond acceptors (Lipinski definition) is 5. The van der Waals surface area contributed by atoms with Crippen LogP contribution in [0.25, 0.3) is 0 Å². The Bertz CT molecular complexity index is 826. The van der Waals surface area contributed by atoms with Gasteiger partial charge < -0.3 is 24.6 Å². The number of carboxylic acids is 1. The van der Waals surface area contributed by atoms with Crippen molar-refractivity contribution in [3.8, 4) is 17.2 Å². The lowest BCUT2D eigenvalue weighted by molar-refractivity contribution is -0.139. The Kier molecular flexibility index (Phi) is 7.14. The molecule has 0 aliphatic carbocycles. The van der Waals surface area contributed by atoms with Gasteiger partial charge in [0.15, 0.2) is 18.1 Å². The summed E-state index contributed by atoms with van der Waals surface area (Å²) in [4.78, 5) is 22.9. The van der Waals surface area contributed by atoms with Crippen LogP contribution in [0, 0.1) is 0 Å². The van der Waals surface area contributed by atoms with Crippen LogP contribution in [0.2, 0.25) is 0 Å². The number of carbonyl (C=O) groups is 2. The monoisotopic (exact) mass is 395 g/mol. The van der Waals surface area contributed by atoms with E-state index in [9.17, 15) is 18.4 Å². The van der Waals surface area contributed by atoms with Gasteiger partial charge in [-0.05, 0) is 42.8 Å². The molecule has 2 aromatic carbocycles. The molecular formula is C19H19F2NO6. The summed E-state index contributed by atoms with van der Waals surface area (Å²) in [6.07, 6.45) is 0. The maximum absolute atomic E-state index is 12.4. The number of methoxy groups -OCH3 is 1. The van der Waals surface area contributed by atoms with E-state index in [1.807, 2.05) is 0 Å². The fourth-order valence-corrected chi connectivity index (χ4v) is 2.36. The Balaban J connectivity index is 2.04. The van der Waals surface area contributed by atoms with E-state index >= 15 is 0 Å². The molecule has 0 radical (unpaired) electrons. The number of carboxylic acid groups (broad SMARTS) is 1. The fourth-order valence-electron chi connectivity index (χ4n) is 2.36. The summed E-state index contributed by atoms with van der Waals surface area (Å²) < 4.78 is 39.1. The van der Waals surface area contributed by atoms with Gasteiger partial charge in [0, 0.05) is 5.56 Å². The van der Waals surface area contributed by atoms with E-state index in [2.05, 4.69) is 10.1 Å². The average Bonchev–Trinajstić information content (AvgIpc) is 2.66. The van der Waals surface area contributed by atoms with E-state index in [1.54, 1.807) is 31.2 Å². The van der Waals surface area contributed by atoms with Gasteiger partial charge in [-0.1, -0.05) is 12.1 Å². The molecule has 1 atom stereocenters. The van der Waals surface area contributed by atoms with Crippen LogP contribution in [0.15, 0.2) is 42.5 Å². The van der Waals surface area contributed by atoms with Crippen LogP contribution in [0.1, 0.15) is 28.9 Å². The first-order chi connectivity index (χ1) is 13.3. The highest BCUT2D eigenvalue weighted by molar-refractivity contribution is 5.95. The molecule has 0 spiro atoms. The minimum atomic E-state index is -3.00. The van der Waals surface area contributed by atoms with E-state index in [0.29, 0.717) is 5.75 Å². The van der Waals surface area contributed by atoms with E-state index < -0.39 is 25.1 Å². The van der Waals surface area contributed by atoms with Crippen molar-refractivity contribution in [1.29, 1.82) is 0 Å². The molecule has 0 aliphatic heterocycles. The van der Waals surface area contributed by atoms with Gasteiger partial charge in [0.05, 0.1) is 13.2 Å². The number of benzene rings is 2. The average molecular weight is 395 g/mol. The molecule has 1 amide bonds. The molecule has 0 saturated carbocycles. The van der Waals surface area contributed by atoms with Crippen molar-refractivity contribution in [1.82, 2.24) is 5.32 Å². The Morgan fingerprint density at radius 2 is 1.79 bits per heavy atom. The van der Waals surface area contributed by atoms with Crippen LogP contribution >= 0.6 is 0 Å². The van der Waals surface area contributed by atoms with Crippen LogP contribution in [0.4, 0.5) is 8.78 Å². The van der Waals surface area contributed by atoms with Gasteiger partial charge in [0.25, 0.3) is 5.91 Å². The molecule has 9 heteroatoms. The SMILES string of the molecule is COc1cc(C(=O)NC(C)c2ccc(OCC(=O)O)cc2)ccc1OC(F)F. The van der Waals surface area contributed by atoms with Gasteiger partial charge in [-0.25, -0.2) is 4.79 Å². The fraction of sp³-hybridized carbons (Fsp3) is 0.263. The Morgan fingerprint density at radius 1 is 1.11 bits per heavy atom. The zero-order chi connectivity index (χ0) is 20.7. The van der Waals surface area contributed by atoms with Gasteiger partial charge >= 0.3 is 12.6 Å². The highest BCUT2D eigenvalue weighted by Gasteiger charge is 2.16. The highest BCUT2D eigenvalue weighted by atomic mass is 19.3. The van der Waals surface area contributed by atoms with E-state index in [1.165, 1.54) is 25.3 Å². The van der Waals surface area contributed by atoms with Crippen molar-refractivity contribution in [3.63, 3.8) is 0 Å². The van der Waals surface area contributed by atoms with Crippen LogP contribution in [-0.4, -0.2) is 37.3 Å². The summed E-state index contributed by atoms with van der Waals surface area (Å²) >= 11 is 0. The first-order valence-electron chi connectivity index (χ1n) is 8.18. The van der Waals surface area contributed by atoms with Crippen molar-refractivity contribution in [3.05, 3.63) is 53.6 Å². The van der Waals surface area contributed by atoms with E-state index in [4.69, 9.17) is 14.6 Å². The quantitative estimate of drug-likeness (QED) is 0.677. The molecule has 2 aromatic rings. The highest BCUT2D eigenvalue weighted by Crippen LogP contribution is 2.29. The molecule has 0 saturated heterocycles. The van der Waals surface area contributed by atoms with Crippen molar-refractivity contribution in [2.75, 3.05) is 13.7 Å². The first-order valence-corrected chi connectivity index (χ1v) is 8.18. The number of carbonyl (C=O) groups excluding carboxylic acids is 1. The summed E-state index contributed by atoms with van der Waals surface area (Å²) in [6, 6.07) is 10.1. The summed E-state index contributed by atoms with van der Waals surface area (Å²) in [5.41, 5.74) is 0.979. The predicted octanol–water partition coefficient (Wildman–Crippen LogP) is 3.25. The van der Waals surface area contributed by atoms with Gasteiger partial charge in [-0.15, -0.1) is 0 Å². The van der Waals surface area contributed by atoms with Gasteiger partial charge in [-0.3, -0.25) is 4.79 Å². The number of aliphatic carboxylic acids is 1. The largest absolute Gasteiger partial charge is 0.493 e. The van der Waals surface area contributed by atoms with Crippen molar-refractivity contribution < 1.29 is 37.7 Å². The molecule has 2 rings (SSSR count). The number of nitrogens with one attached hydrogen (secondary N) is 1. The molecule has 1 unspecified atom stereocenters. The maximum atomic E-state index is 12.4. The van der Waals surface area contributed by atoms with E-state index in [-0.39, 0.29) is 23.1 Å². The minimum absolute atomic E-state index is 0.0144. The smallest absolute Gasteiger partial charge is 0.387 e. The second-order valence-corrected chi connectivity index (χ2v) is 5.69. The maximum Gasteiger partial charge on any atom is 0.387 e. The van der Waals surface area contributed by atoms with E-state index in [0.717, 1.165) is 5.56 Å². The lowest BCUT2D eigenvalue weighted by Gasteiger charge is -2.16. The molecule has 150 valence electrons. The molecule has 0 aliphatic rings. The summed E-state index contributed by atoms with van der Waals surface area (Å²) in [7, 11) is 1.28. The minimum Gasteiger partial charge on any atom is -0.493 e. The number of ether oxygens (including phenoxy) is 3. The number of hydrogen-bond donors (Lipinski definition) is 2. The summed E-state index contributed by atoms with van der Waals surface area (Å²) in [6.45, 7) is -1.69. The predicted molar refractivity (Wildman–Crippen MR) is 95.1 cm³/mol. The van der Waals surface area contributed by atoms with Crippen LogP contribution < -0.4 is 19.5 Å². The molecule has 2 N–H and O–H groups in total. The normalized spacial score (nSPS) is 11.6. The second kappa shape index (κ2) is 9.54. The van der Waals surface area contributed by atoms with Crippen molar-refractivity contribution in [2.45, 2.75) is 19.6 Å². The lowest BCUT2D eigenvalue weighted by Crippen LogP contribution is -2.26.